The lowest BCUT2D eigenvalue weighted by Crippen LogP contribution is -1.90. The normalized spacial score (nSPS) is 11.1. The van der Waals surface area contributed by atoms with Crippen LogP contribution in [0, 0.1) is 6.92 Å². The fourth-order valence-corrected chi connectivity index (χ4v) is 3.86. The number of benzene rings is 1. The molecule has 0 aliphatic rings. The van der Waals surface area contributed by atoms with Crippen LogP contribution in [0.4, 0.5) is 0 Å². The topological polar surface area (TPSA) is 25.8 Å². The number of thiophene rings is 1. The number of thioether (sulfide) groups is 1. The average molecular weight is 307 g/mol. The molecule has 0 unspecified atom stereocenters. The second-order valence-corrected chi connectivity index (χ2v) is 6.35. The molecule has 96 valence electrons. The molecule has 1 aromatic carbocycles. The number of hydrogen-bond acceptors (Lipinski definition) is 4. The molecular formula is C14H11ClN2S2. The van der Waals surface area contributed by atoms with E-state index in [1.807, 2.05) is 11.4 Å². The molecule has 0 amide bonds. The van der Waals surface area contributed by atoms with E-state index in [9.17, 15) is 0 Å². The molecule has 0 aliphatic heterocycles. The van der Waals surface area contributed by atoms with E-state index >= 15 is 0 Å². The predicted octanol–water partition coefficient (Wildman–Crippen LogP) is 4.95. The molecule has 3 aromatic rings. The maximum atomic E-state index is 6.16. The van der Waals surface area contributed by atoms with Crippen LogP contribution in [0.2, 0.25) is 5.15 Å². The first kappa shape index (κ1) is 12.9. The van der Waals surface area contributed by atoms with Gasteiger partial charge in [0.2, 0.25) is 0 Å². The van der Waals surface area contributed by atoms with Gasteiger partial charge >= 0.3 is 0 Å². The number of aromatic nitrogens is 2. The van der Waals surface area contributed by atoms with Crippen LogP contribution in [-0.2, 0) is 5.75 Å². The Kier molecular flexibility index (Phi) is 3.73. The second-order valence-electron chi connectivity index (χ2n) is 4.15. The third-order valence-electron chi connectivity index (χ3n) is 2.88. The number of hydrogen-bond donors (Lipinski definition) is 0. The largest absolute Gasteiger partial charge is 0.211 e. The SMILES string of the molecule is Cc1ccccc1CSc1nc(Cl)c2ccsc2n1. The number of nitrogens with zero attached hydrogens (tertiary/aromatic N) is 2. The summed E-state index contributed by atoms with van der Waals surface area (Å²) in [7, 11) is 0. The maximum Gasteiger partial charge on any atom is 0.190 e. The van der Waals surface area contributed by atoms with E-state index in [1.165, 1.54) is 11.1 Å². The Balaban J connectivity index is 1.84. The average Bonchev–Trinajstić information content (AvgIpc) is 2.87. The Hall–Kier alpha value is -1.10. The van der Waals surface area contributed by atoms with E-state index in [-0.39, 0.29) is 0 Å². The number of halogens is 1. The summed E-state index contributed by atoms with van der Waals surface area (Å²) in [6, 6.07) is 10.3. The molecule has 0 saturated heterocycles. The molecule has 19 heavy (non-hydrogen) atoms. The molecule has 0 atom stereocenters. The van der Waals surface area contributed by atoms with E-state index in [0.717, 1.165) is 21.1 Å². The highest BCUT2D eigenvalue weighted by atomic mass is 35.5. The van der Waals surface area contributed by atoms with Gasteiger partial charge in [0, 0.05) is 11.1 Å². The van der Waals surface area contributed by atoms with Crippen LogP contribution in [0.1, 0.15) is 11.1 Å². The van der Waals surface area contributed by atoms with Gasteiger partial charge in [-0.05, 0) is 29.5 Å². The van der Waals surface area contributed by atoms with Gasteiger partial charge in [-0.15, -0.1) is 11.3 Å². The standard InChI is InChI=1S/C14H11ClN2S2/c1-9-4-2-3-5-10(9)8-19-14-16-12(15)11-6-7-18-13(11)17-14/h2-7H,8H2,1H3. The molecule has 0 radical (unpaired) electrons. The van der Waals surface area contributed by atoms with E-state index in [1.54, 1.807) is 23.1 Å². The van der Waals surface area contributed by atoms with Gasteiger partial charge in [0.05, 0.1) is 0 Å². The lowest BCUT2D eigenvalue weighted by Gasteiger charge is -2.04. The predicted molar refractivity (Wildman–Crippen MR) is 83.2 cm³/mol. The van der Waals surface area contributed by atoms with Crippen molar-refractivity contribution in [3.05, 3.63) is 52.0 Å². The van der Waals surface area contributed by atoms with Crippen molar-refractivity contribution in [1.29, 1.82) is 0 Å². The van der Waals surface area contributed by atoms with Gasteiger partial charge in [0.25, 0.3) is 0 Å². The molecule has 5 heteroatoms. The van der Waals surface area contributed by atoms with Crippen molar-refractivity contribution in [1.82, 2.24) is 9.97 Å². The van der Waals surface area contributed by atoms with Crippen molar-refractivity contribution in [2.75, 3.05) is 0 Å². The first-order valence-corrected chi connectivity index (χ1v) is 8.06. The minimum absolute atomic E-state index is 0.540. The van der Waals surface area contributed by atoms with Crippen LogP contribution in [0.15, 0.2) is 40.9 Å². The van der Waals surface area contributed by atoms with E-state index in [4.69, 9.17) is 11.6 Å². The molecule has 2 heterocycles. The smallest absolute Gasteiger partial charge is 0.190 e. The lowest BCUT2D eigenvalue weighted by atomic mass is 10.1. The van der Waals surface area contributed by atoms with Gasteiger partial charge in [-0.2, -0.15) is 0 Å². The third-order valence-corrected chi connectivity index (χ3v) is 4.87. The zero-order valence-corrected chi connectivity index (χ0v) is 12.6. The van der Waals surface area contributed by atoms with E-state index in [2.05, 4.69) is 41.2 Å². The summed E-state index contributed by atoms with van der Waals surface area (Å²) in [4.78, 5) is 9.82. The Morgan fingerprint density at radius 1 is 1.21 bits per heavy atom. The van der Waals surface area contributed by atoms with Crippen molar-refractivity contribution in [3.8, 4) is 0 Å². The summed E-state index contributed by atoms with van der Waals surface area (Å²) in [6.45, 7) is 2.12. The van der Waals surface area contributed by atoms with Gasteiger partial charge < -0.3 is 0 Å². The number of fused-ring (bicyclic) bond motifs is 1. The third kappa shape index (κ3) is 2.76. The molecule has 2 nitrogen and oxygen atoms in total. The molecule has 0 aliphatic carbocycles. The number of rotatable bonds is 3. The van der Waals surface area contributed by atoms with Gasteiger partial charge in [-0.25, -0.2) is 9.97 Å². The van der Waals surface area contributed by atoms with Gasteiger partial charge in [-0.1, -0.05) is 47.6 Å². The molecule has 0 N–H and O–H groups in total. The fourth-order valence-electron chi connectivity index (χ4n) is 1.78. The van der Waals surface area contributed by atoms with Crippen LogP contribution in [0.5, 0.6) is 0 Å². The van der Waals surface area contributed by atoms with Gasteiger partial charge in [0.1, 0.15) is 9.98 Å². The zero-order chi connectivity index (χ0) is 13.2. The Morgan fingerprint density at radius 2 is 2.05 bits per heavy atom. The van der Waals surface area contributed by atoms with Crippen molar-refractivity contribution in [2.45, 2.75) is 17.8 Å². The second kappa shape index (κ2) is 5.49. The van der Waals surface area contributed by atoms with Crippen molar-refractivity contribution in [3.63, 3.8) is 0 Å². The van der Waals surface area contributed by atoms with Gasteiger partial charge in [-0.3, -0.25) is 0 Å². The highest BCUT2D eigenvalue weighted by Crippen LogP contribution is 2.29. The van der Waals surface area contributed by atoms with Crippen LogP contribution < -0.4 is 0 Å². The van der Waals surface area contributed by atoms with Crippen LogP contribution in [0.25, 0.3) is 10.2 Å². The van der Waals surface area contributed by atoms with Crippen LogP contribution in [0.3, 0.4) is 0 Å². The Bertz CT molecular complexity index is 724. The van der Waals surface area contributed by atoms with E-state index in [0.29, 0.717) is 5.15 Å². The summed E-state index contributed by atoms with van der Waals surface area (Å²) in [5.41, 5.74) is 2.59. The molecule has 3 rings (SSSR count). The maximum absolute atomic E-state index is 6.16. The van der Waals surface area contributed by atoms with Crippen molar-refractivity contribution >= 4 is 44.9 Å². The van der Waals surface area contributed by atoms with E-state index < -0.39 is 0 Å². The zero-order valence-electron chi connectivity index (χ0n) is 10.3. The Morgan fingerprint density at radius 3 is 2.89 bits per heavy atom. The molecule has 0 bridgehead atoms. The quantitative estimate of drug-likeness (QED) is 0.389. The molecule has 0 fully saturated rings. The van der Waals surface area contributed by atoms with Crippen LogP contribution in [-0.4, -0.2) is 9.97 Å². The summed E-state index contributed by atoms with van der Waals surface area (Å²) >= 11 is 9.37. The minimum atomic E-state index is 0.540. The highest BCUT2D eigenvalue weighted by molar-refractivity contribution is 7.98. The van der Waals surface area contributed by atoms with Crippen molar-refractivity contribution < 1.29 is 0 Å². The highest BCUT2D eigenvalue weighted by Gasteiger charge is 2.08. The van der Waals surface area contributed by atoms with Crippen molar-refractivity contribution in [2.24, 2.45) is 0 Å². The summed E-state index contributed by atoms with van der Waals surface area (Å²) in [5, 5.41) is 4.20. The number of aryl methyl sites for hydroxylation is 1. The molecular weight excluding hydrogens is 296 g/mol. The molecule has 0 saturated carbocycles. The lowest BCUT2D eigenvalue weighted by molar-refractivity contribution is 1.01. The summed E-state index contributed by atoms with van der Waals surface area (Å²) in [6.07, 6.45) is 0. The minimum Gasteiger partial charge on any atom is -0.211 e. The summed E-state index contributed by atoms with van der Waals surface area (Å²) in [5.74, 6) is 0.861. The van der Waals surface area contributed by atoms with Gasteiger partial charge in [0.15, 0.2) is 5.16 Å². The summed E-state index contributed by atoms with van der Waals surface area (Å²) < 4.78 is 0. The Labute approximate surface area is 124 Å². The first-order chi connectivity index (χ1) is 9.24. The monoisotopic (exact) mass is 306 g/mol. The van der Waals surface area contributed by atoms with Crippen LogP contribution >= 0.6 is 34.7 Å². The first-order valence-electron chi connectivity index (χ1n) is 5.82. The fraction of sp³-hybridized carbons (Fsp3) is 0.143. The molecule has 0 spiro atoms. The molecule has 2 aromatic heterocycles.